The van der Waals surface area contributed by atoms with Gasteiger partial charge >= 0.3 is 5.97 Å². The Morgan fingerprint density at radius 3 is 2.25 bits per heavy atom. The summed E-state index contributed by atoms with van der Waals surface area (Å²) in [5.41, 5.74) is 0.0309. The van der Waals surface area contributed by atoms with Crippen LogP contribution in [-0.2, 0) is 4.79 Å². The van der Waals surface area contributed by atoms with Crippen molar-refractivity contribution >= 4 is 36.2 Å². The minimum atomic E-state index is -1.05. The SMILES string of the molecule is O=C(O)C(C=S)=CS. The number of carbonyl (C=O) groups is 1. The van der Waals surface area contributed by atoms with Crippen molar-refractivity contribution in [2.24, 2.45) is 0 Å². The Labute approximate surface area is 57.6 Å². The Kier molecular flexibility index (Phi) is 3.47. The predicted molar refractivity (Wildman–Crippen MR) is 38.4 cm³/mol. The van der Waals surface area contributed by atoms with Crippen LogP contribution in [0.15, 0.2) is 11.0 Å². The van der Waals surface area contributed by atoms with Gasteiger partial charge in [-0.25, -0.2) is 4.79 Å². The van der Waals surface area contributed by atoms with Crippen molar-refractivity contribution < 1.29 is 9.90 Å². The van der Waals surface area contributed by atoms with Crippen molar-refractivity contribution in [1.29, 1.82) is 0 Å². The lowest BCUT2D eigenvalue weighted by Crippen LogP contribution is -1.98. The van der Waals surface area contributed by atoms with Crippen LogP contribution in [0.2, 0.25) is 0 Å². The largest absolute Gasteiger partial charge is 0.478 e. The predicted octanol–water partition coefficient (Wildman–Crippen LogP) is 0.884. The Morgan fingerprint density at radius 2 is 2.25 bits per heavy atom. The molecule has 0 aliphatic rings. The van der Waals surface area contributed by atoms with Gasteiger partial charge in [0, 0.05) is 5.37 Å². The minimum Gasteiger partial charge on any atom is -0.478 e. The minimum absolute atomic E-state index is 0.0309. The number of hydrogen-bond acceptors (Lipinski definition) is 3. The van der Waals surface area contributed by atoms with Crippen LogP contribution in [0.3, 0.4) is 0 Å². The first kappa shape index (κ1) is 7.65. The molecule has 0 saturated heterocycles. The van der Waals surface area contributed by atoms with Gasteiger partial charge in [0.25, 0.3) is 0 Å². The molecule has 0 amide bonds. The lowest BCUT2D eigenvalue weighted by atomic mass is 10.4. The van der Waals surface area contributed by atoms with Gasteiger partial charge in [-0.3, -0.25) is 0 Å². The summed E-state index contributed by atoms with van der Waals surface area (Å²) in [7, 11) is 0. The molecule has 0 heterocycles. The molecule has 0 atom stereocenters. The summed E-state index contributed by atoms with van der Waals surface area (Å²) in [6.45, 7) is 0. The molecule has 0 unspecified atom stereocenters. The van der Waals surface area contributed by atoms with Gasteiger partial charge in [-0.2, -0.15) is 12.6 Å². The standard InChI is InChI=1S/C4H4O2S2/c5-4(6)3(1-7)2-8/h1-2,7H,(H,5,6). The molecule has 44 valence electrons. The summed E-state index contributed by atoms with van der Waals surface area (Å²) in [4.78, 5) is 9.95. The Balaban J connectivity index is 4.13. The Morgan fingerprint density at radius 1 is 1.75 bits per heavy atom. The molecule has 1 N–H and O–H groups in total. The van der Waals surface area contributed by atoms with Gasteiger partial charge in [0.05, 0.1) is 5.57 Å². The summed E-state index contributed by atoms with van der Waals surface area (Å²) in [5, 5.41) is 10.4. The van der Waals surface area contributed by atoms with Gasteiger partial charge in [0.1, 0.15) is 0 Å². The molecule has 0 rings (SSSR count). The van der Waals surface area contributed by atoms with Gasteiger partial charge in [-0.1, -0.05) is 12.2 Å². The van der Waals surface area contributed by atoms with Crippen molar-refractivity contribution in [3.63, 3.8) is 0 Å². The molecule has 0 fully saturated rings. The number of rotatable bonds is 2. The van der Waals surface area contributed by atoms with E-state index in [0.717, 1.165) is 10.8 Å². The van der Waals surface area contributed by atoms with E-state index in [-0.39, 0.29) is 5.57 Å². The molecule has 0 bridgehead atoms. The number of thiol groups is 1. The second kappa shape index (κ2) is 3.63. The molecule has 0 aliphatic carbocycles. The third kappa shape index (κ3) is 2.09. The first-order valence-electron chi connectivity index (χ1n) is 1.75. The first-order chi connectivity index (χ1) is 3.72. The molecule has 8 heavy (non-hydrogen) atoms. The summed E-state index contributed by atoms with van der Waals surface area (Å²) >= 11 is 7.92. The summed E-state index contributed by atoms with van der Waals surface area (Å²) in [5.74, 6) is -1.05. The van der Waals surface area contributed by atoms with Crippen molar-refractivity contribution in [1.82, 2.24) is 0 Å². The van der Waals surface area contributed by atoms with E-state index >= 15 is 0 Å². The van der Waals surface area contributed by atoms with Gasteiger partial charge in [0.15, 0.2) is 0 Å². The molecule has 4 heteroatoms. The highest BCUT2D eigenvalue weighted by molar-refractivity contribution is 7.83. The smallest absolute Gasteiger partial charge is 0.337 e. The van der Waals surface area contributed by atoms with Crippen LogP contribution >= 0.6 is 24.8 Å². The van der Waals surface area contributed by atoms with E-state index in [2.05, 4.69) is 24.8 Å². The highest BCUT2D eigenvalue weighted by atomic mass is 32.1. The fourth-order valence-corrected chi connectivity index (χ4v) is 0.591. The van der Waals surface area contributed by atoms with Crippen LogP contribution in [-0.4, -0.2) is 16.4 Å². The Bertz CT molecular complexity index is 139. The summed E-state index contributed by atoms with van der Waals surface area (Å²) < 4.78 is 0. The molecule has 0 spiro atoms. The number of thiocarbonyl (C=S) groups is 1. The van der Waals surface area contributed by atoms with Crippen molar-refractivity contribution in [2.45, 2.75) is 0 Å². The second-order valence-electron chi connectivity index (χ2n) is 1.01. The topological polar surface area (TPSA) is 37.3 Å². The van der Waals surface area contributed by atoms with Gasteiger partial charge in [-0.05, 0) is 5.41 Å². The zero-order valence-electron chi connectivity index (χ0n) is 3.87. The van der Waals surface area contributed by atoms with Gasteiger partial charge < -0.3 is 5.11 Å². The molecular formula is C4H4O2S2. The van der Waals surface area contributed by atoms with Crippen molar-refractivity contribution in [2.75, 3.05) is 0 Å². The van der Waals surface area contributed by atoms with E-state index in [1.165, 1.54) is 0 Å². The maximum Gasteiger partial charge on any atom is 0.337 e. The highest BCUT2D eigenvalue weighted by Gasteiger charge is 1.98. The third-order valence-electron chi connectivity index (χ3n) is 0.513. The maximum atomic E-state index is 9.95. The van der Waals surface area contributed by atoms with E-state index in [0.29, 0.717) is 0 Å². The van der Waals surface area contributed by atoms with Gasteiger partial charge in [-0.15, -0.1) is 0 Å². The number of carboxylic acids is 1. The number of hydrogen-bond donors (Lipinski definition) is 2. The van der Waals surface area contributed by atoms with Crippen LogP contribution in [0.25, 0.3) is 0 Å². The van der Waals surface area contributed by atoms with Crippen LogP contribution in [0.1, 0.15) is 0 Å². The maximum absolute atomic E-state index is 9.95. The average Bonchev–Trinajstić information content (AvgIpc) is 1.69. The molecular weight excluding hydrogens is 144 g/mol. The average molecular weight is 148 g/mol. The normalized spacial score (nSPS) is 10.9. The number of aliphatic carboxylic acids is 1. The van der Waals surface area contributed by atoms with Crippen LogP contribution < -0.4 is 0 Å². The molecule has 0 aromatic carbocycles. The van der Waals surface area contributed by atoms with E-state index in [9.17, 15) is 4.79 Å². The van der Waals surface area contributed by atoms with Crippen molar-refractivity contribution in [3.05, 3.63) is 11.0 Å². The molecule has 0 aromatic heterocycles. The molecule has 0 saturated carbocycles. The van der Waals surface area contributed by atoms with Crippen LogP contribution in [0, 0.1) is 0 Å². The fraction of sp³-hybridized carbons (Fsp3) is 0. The first-order valence-corrected chi connectivity index (χ1v) is 2.74. The summed E-state index contributed by atoms with van der Waals surface area (Å²) in [6, 6.07) is 0. The zero-order valence-corrected chi connectivity index (χ0v) is 5.58. The number of carboxylic acid groups (broad SMARTS) is 1. The van der Waals surface area contributed by atoms with E-state index in [1.54, 1.807) is 0 Å². The summed E-state index contributed by atoms with van der Waals surface area (Å²) in [6.07, 6.45) is 0. The lowest BCUT2D eigenvalue weighted by molar-refractivity contribution is -0.131. The highest BCUT2D eigenvalue weighted by Crippen LogP contribution is 1.91. The van der Waals surface area contributed by atoms with E-state index < -0.39 is 5.97 Å². The van der Waals surface area contributed by atoms with Crippen LogP contribution in [0.5, 0.6) is 0 Å². The quantitative estimate of drug-likeness (QED) is 0.347. The fourth-order valence-electron chi connectivity index (χ4n) is 0.136. The van der Waals surface area contributed by atoms with Crippen LogP contribution in [0.4, 0.5) is 0 Å². The monoisotopic (exact) mass is 148 g/mol. The molecule has 0 radical (unpaired) electrons. The molecule has 0 aromatic rings. The van der Waals surface area contributed by atoms with E-state index in [1.807, 2.05) is 0 Å². The molecule has 2 nitrogen and oxygen atoms in total. The Hall–Kier alpha value is -0.350. The lowest BCUT2D eigenvalue weighted by Gasteiger charge is -1.84. The zero-order chi connectivity index (χ0) is 6.57. The van der Waals surface area contributed by atoms with Crippen molar-refractivity contribution in [3.8, 4) is 0 Å². The molecule has 0 aliphatic heterocycles. The third-order valence-corrected chi connectivity index (χ3v) is 1.05. The van der Waals surface area contributed by atoms with E-state index in [4.69, 9.17) is 5.11 Å². The second-order valence-corrected chi connectivity index (χ2v) is 1.50. The van der Waals surface area contributed by atoms with Gasteiger partial charge in [0.2, 0.25) is 0 Å².